The van der Waals surface area contributed by atoms with Crippen molar-refractivity contribution in [2.45, 2.75) is 31.0 Å². The number of esters is 1. The SMILES string of the molecule is CC(=O)OC(NC=O)C1=C(C(=O)[O-])N2C(=O)[C@@H](NC(=O)Cc3cccs3)[C@H]2SC1.[Na+]. The minimum atomic E-state index is -1.65. The second kappa shape index (κ2) is 10.4. The van der Waals surface area contributed by atoms with Gasteiger partial charge in [-0.2, -0.15) is 0 Å². The molecule has 0 radical (unpaired) electrons. The molecule has 1 unspecified atom stereocenters. The van der Waals surface area contributed by atoms with Gasteiger partial charge in [0.15, 0.2) is 0 Å². The van der Waals surface area contributed by atoms with Crippen molar-refractivity contribution < 1.29 is 63.4 Å². The van der Waals surface area contributed by atoms with Crippen LogP contribution in [-0.2, 0) is 35.1 Å². The van der Waals surface area contributed by atoms with Crippen LogP contribution in [-0.4, -0.2) is 58.5 Å². The maximum atomic E-state index is 12.6. The van der Waals surface area contributed by atoms with E-state index >= 15 is 0 Å². The van der Waals surface area contributed by atoms with Gasteiger partial charge >= 0.3 is 35.5 Å². The molecule has 0 aliphatic carbocycles. The third-order valence-corrected chi connectivity index (χ3v) is 6.42. The number of carbonyl (C=O) groups excluding carboxylic acids is 5. The van der Waals surface area contributed by atoms with Crippen LogP contribution in [0, 0.1) is 0 Å². The van der Waals surface area contributed by atoms with Gasteiger partial charge in [0.2, 0.25) is 18.5 Å². The molecule has 3 rings (SSSR count). The Bertz CT molecular complexity index is 890. The van der Waals surface area contributed by atoms with Gasteiger partial charge in [0.1, 0.15) is 11.4 Å². The molecule has 3 amide bonds. The molecule has 3 heterocycles. The number of carboxylic acid groups (broad SMARTS) is 1. The summed E-state index contributed by atoms with van der Waals surface area (Å²) < 4.78 is 4.95. The first kappa shape index (κ1) is 24.4. The molecule has 0 spiro atoms. The molecule has 1 aromatic rings. The number of nitrogens with zero attached hydrogens (tertiary/aromatic N) is 1. The molecule has 10 nitrogen and oxygen atoms in total. The molecule has 1 saturated heterocycles. The number of amides is 3. The van der Waals surface area contributed by atoms with E-state index in [-0.39, 0.29) is 59.6 Å². The molecule has 154 valence electrons. The Morgan fingerprint density at radius 1 is 1.43 bits per heavy atom. The summed E-state index contributed by atoms with van der Waals surface area (Å²) in [5.74, 6) is -3.31. The van der Waals surface area contributed by atoms with Crippen LogP contribution in [0.15, 0.2) is 28.8 Å². The zero-order valence-electron chi connectivity index (χ0n) is 16.1. The Kier molecular flexibility index (Phi) is 8.50. The average molecular weight is 461 g/mol. The second-order valence-electron chi connectivity index (χ2n) is 6.15. The Labute approximate surface area is 201 Å². The molecular formula is C17H16N3NaO7S2. The summed E-state index contributed by atoms with van der Waals surface area (Å²) in [4.78, 5) is 60.4. The number of carboxylic acids is 1. The monoisotopic (exact) mass is 461 g/mol. The minimum absolute atomic E-state index is 0. The molecule has 0 saturated carbocycles. The smallest absolute Gasteiger partial charge is 0.543 e. The number of rotatable bonds is 8. The summed E-state index contributed by atoms with van der Waals surface area (Å²) in [5, 5.41) is 17.8. The summed E-state index contributed by atoms with van der Waals surface area (Å²) in [6, 6.07) is 2.73. The number of nitrogens with one attached hydrogen (secondary N) is 2. The minimum Gasteiger partial charge on any atom is -0.543 e. The first-order valence-corrected chi connectivity index (χ1v) is 10.3. The third kappa shape index (κ3) is 5.06. The number of hydrogen-bond donors (Lipinski definition) is 2. The van der Waals surface area contributed by atoms with Gasteiger partial charge < -0.3 is 25.3 Å². The Balaban J connectivity index is 0.00000320. The van der Waals surface area contributed by atoms with Gasteiger partial charge in [0.05, 0.1) is 18.1 Å². The molecule has 0 bridgehead atoms. The molecule has 0 aromatic carbocycles. The fourth-order valence-electron chi connectivity index (χ4n) is 3.06. The number of fused-ring (bicyclic) bond motifs is 1. The predicted molar refractivity (Wildman–Crippen MR) is 99.8 cm³/mol. The maximum Gasteiger partial charge on any atom is 1.00 e. The molecule has 2 aliphatic heterocycles. The summed E-state index contributed by atoms with van der Waals surface area (Å²) in [7, 11) is 0. The van der Waals surface area contributed by atoms with Gasteiger partial charge in [-0.1, -0.05) is 6.07 Å². The standard InChI is InChI=1S/C17H17N3O7S2.Na/c1-8(22)27-14(18-7-21)10-6-29-16-12(15(24)20(16)13(10)17(25)26)19-11(23)5-9-3-2-4-28-9;/h2-4,7,12,14,16H,5-6H2,1H3,(H,18,21)(H,19,23)(H,25,26);/q;+1/p-1/t12-,14?,16-;/m1./s1. The van der Waals surface area contributed by atoms with Gasteiger partial charge in [0.25, 0.3) is 5.91 Å². The molecule has 2 aliphatic rings. The number of thiophene rings is 1. The van der Waals surface area contributed by atoms with E-state index < -0.39 is 41.2 Å². The average Bonchev–Trinajstić information content (AvgIpc) is 3.17. The van der Waals surface area contributed by atoms with Gasteiger partial charge in [-0.3, -0.25) is 24.1 Å². The van der Waals surface area contributed by atoms with Gasteiger partial charge in [-0.25, -0.2) is 0 Å². The van der Waals surface area contributed by atoms with Crippen molar-refractivity contribution in [3.8, 4) is 0 Å². The number of hydrogen-bond acceptors (Lipinski definition) is 9. The van der Waals surface area contributed by atoms with Crippen molar-refractivity contribution in [2.24, 2.45) is 0 Å². The normalized spacial score (nSPS) is 20.8. The van der Waals surface area contributed by atoms with E-state index in [1.54, 1.807) is 6.07 Å². The van der Waals surface area contributed by atoms with E-state index in [1.165, 1.54) is 23.1 Å². The first-order valence-electron chi connectivity index (χ1n) is 8.41. The van der Waals surface area contributed by atoms with Crippen LogP contribution in [0.5, 0.6) is 0 Å². The van der Waals surface area contributed by atoms with Crippen LogP contribution in [0.2, 0.25) is 0 Å². The predicted octanol–water partition coefficient (Wildman–Crippen LogP) is -4.67. The molecule has 3 atom stereocenters. The van der Waals surface area contributed by atoms with Crippen molar-refractivity contribution in [1.29, 1.82) is 0 Å². The fraction of sp³-hybridized carbons (Fsp3) is 0.353. The summed E-state index contributed by atoms with van der Waals surface area (Å²) >= 11 is 2.60. The number of ether oxygens (including phenoxy) is 1. The van der Waals surface area contributed by atoms with E-state index in [0.29, 0.717) is 0 Å². The van der Waals surface area contributed by atoms with Crippen LogP contribution >= 0.6 is 23.1 Å². The van der Waals surface area contributed by atoms with Crippen LogP contribution in [0.3, 0.4) is 0 Å². The molecule has 1 aromatic heterocycles. The van der Waals surface area contributed by atoms with Gasteiger partial charge in [-0.05, 0) is 11.4 Å². The zero-order valence-corrected chi connectivity index (χ0v) is 19.7. The summed E-state index contributed by atoms with van der Waals surface area (Å²) in [6.07, 6.45) is -0.965. The third-order valence-electron chi connectivity index (χ3n) is 4.24. The molecule has 30 heavy (non-hydrogen) atoms. The zero-order chi connectivity index (χ0) is 21.1. The van der Waals surface area contributed by atoms with E-state index in [1.807, 2.05) is 11.4 Å². The first-order chi connectivity index (χ1) is 13.8. The largest absolute Gasteiger partial charge is 1.00 e. The maximum absolute atomic E-state index is 12.6. The van der Waals surface area contributed by atoms with Crippen LogP contribution in [0.25, 0.3) is 0 Å². The van der Waals surface area contributed by atoms with Crippen molar-refractivity contribution >= 4 is 53.3 Å². The Morgan fingerprint density at radius 3 is 2.73 bits per heavy atom. The summed E-state index contributed by atoms with van der Waals surface area (Å²) in [5.41, 5.74) is -0.451. The fourth-order valence-corrected chi connectivity index (χ4v) is 5.14. The summed E-state index contributed by atoms with van der Waals surface area (Å²) in [6.45, 7) is 1.10. The number of carbonyl (C=O) groups is 5. The van der Waals surface area contributed by atoms with Gasteiger partial charge in [-0.15, -0.1) is 23.1 Å². The Morgan fingerprint density at radius 2 is 2.17 bits per heavy atom. The van der Waals surface area contributed by atoms with E-state index in [9.17, 15) is 29.1 Å². The van der Waals surface area contributed by atoms with Crippen molar-refractivity contribution in [3.05, 3.63) is 33.7 Å². The Hall–Kier alpha value is -1.86. The molecular weight excluding hydrogens is 445 g/mol. The quantitative estimate of drug-likeness (QED) is 0.129. The van der Waals surface area contributed by atoms with E-state index in [2.05, 4.69) is 10.6 Å². The van der Waals surface area contributed by atoms with Crippen LogP contribution < -0.4 is 45.3 Å². The number of thioether (sulfide) groups is 1. The second-order valence-corrected chi connectivity index (χ2v) is 8.28. The van der Waals surface area contributed by atoms with Gasteiger partial charge in [0, 0.05) is 23.1 Å². The van der Waals surface area contributed by atoms with Crippen molar-refractivity contribution in [2.75, 3.05) is 5.75 Å². The molecule has 13 heteroatoms. The van der Waals surface area contributed by atoms with Crippen molar-refractivity contribution in [3.63, 3.8) is 0 Å². The topological polar surface area (TPSA) is 145 Å². The number of β-lactam (4-membered cyclic amide) rings is 1. The van der Waals surface area contributed by atoms with E-state index in [0.717, 1.165) is 16.7 Å². The molecule has 2 N–H and O–H groups in total. The van der Waals surface area contributed by atoms with Crippen molar-refractivity contribution in [1.82, 2.24) is 15.5 Å². The molecule has 1 fully saturated rings. The van der Waals surface area contributed by atoms with Crippen LogP contribution in [0.1, 0.15) is 11.8 Å². The van der Waals surface area contributed by atoms with Crippen LogP contribution in [0.4, 0.5) is 0 Å². The van der Waals surface area contributed by atoms with E-state index in [4.69, 9.17) is 4.74 Å². The number of aliphatic carboxylic acids is 1.